The number of rotatable bonds is 3. The van der Waals surface area contributed by atoms with Crippen molar-refractivity contribution in [2.75, 3.05) is 6.54 Å². The summed E-state index contributed by atoms with van der Waals surface area (Å²) in [6.45, 7) is 1.44. The number of nitrogens with one attached hydrogen (secondary N) is 1. The van der Waals surface area contributed by atoms with Gasteiger partial charge in [-0.3, -0.25) is 9.59 Å². The number of hydrogen-bond donors (Lipinski definition) is 2. The fourth-order valence-corrected chi connectivity index (χ4v) is 1.08. The van der Waals surface area contributed by atoms with E-state index in [1.165, 1.54) is 12.1 Å². The van der Waals surface area contributed by atoms with Crippen molar-refractivity contribution in [3.8, 4) is 0 Å². The SMILES string of the molecule is Cc1ccc(F)c(C(=O)NCC(N)=O)c1. The highest BCUT2D eigenvalue weighted by Crippen LogP contribution is 2.09. The van der Waals surface area contributed by atoms with Gasteiger partial charge in [0.05, 0.1) is 12.1 Å². The van der Waals surface area contributed by atoms with E-state index in [0.717, 1.165) is 5.56 Å². The van der Waals surface area contributed by atoms with Crippen LogP contribution in [0.15, 0.2) is 18.2 Å². The first-order valence-corrected chi connectivity index (χ1v) is 4.33. The van der Waals surface area contributed by atoms with Gasteiger partial charge in [-0.2, -0.15) is 0 Å². The maximum Gasteiger partial charge on any atom is 0.254 e. The number of carbonyl (C=O) groups excluding carboxylic acids is 2. The summed E-state index contributed by atoms with van der Waals surface area (Å²) in [5.74, 6) is -1.94. The van der Waals surface area contributed by atoms with Crippen molar-refractivity contribution in [3.63, 3.8) is 0 Å². The van der Waals surface area contributed by atoms with Crippen LogP contribution in [0.25, 0.3) is 0 Å². The summed E-state index contributed by atoms with van der Waals surface area (Å²) in [6, 6.07) is 4.17. The molecule has 0 fully saturated rings. The van der Waals surface area contributed by atoms with E-state index in [1.54, 1.807) is 13.0 Å². The number of primary amides is 1. The van der Waals surface area contributed by atoms with E-state index in [4.69, 9.17) is 5.73 Å². The van der Waals surface area contributed by atoms with Crippen LogP contribution in [0.2, 0.25) is 0 Å². The summed E-state index contributed by atoms with van der Waals surface area (Å²) in [4.78, 5) is 21.8. The average molecular weight is 210 g/mol. The van der Waals surface area contributed by atoms with Gasteiger partial charge in [-0.25, -0.2) is 4.39 Å². The molecule has 0 aromatic heterocycles. The van der Waals surface area contributed by atoms with Gasteiger partial charge in [0.25, 0.3) is 5.91 Å². The number of hydrogen-bond acceptors (Lipinski definition) is 2. The first-order valence-electron chi connectivity index (χ1n) is 4.33. The Morgan fingerprint density at radius 1 is 1.47 bits per heavy atom. The second kappa shape index (κ2) is 4.54. The molecule has 0 saturated heterocycles. The Labute approximate surface area is 86.3 Å². The molecule has 1 aromatic carbocycles. The molecule has 2 amide bonds. The van der Waals surface area contributed by atoms with E-state index >= 15 is 0 Å². The Balaban J connectivity index is 2.81. The van der Waals surface area contributed by atoms with Crippen molar-refractivity contribution < 1.29 is 14.0 Å². The average Bonchev–Trinajstić information content (AvgIpc) is 2.18. The summed E-state index contributed by atoms with van der Waals surface area (Å²) in [5, 5.41) is 2.21. The molecule has 0 aliphatic rings. The smallest absolute Gasteiger partial charge is 0.254 e. The molecule has 15 heavy (non-hydrogen) atoms. The van der Waals surface area contributed by atoms with Crippen molar-refractivity contribution in [3.05, 3.63) is 35.1 Å². The van der Waals surface area contributed by atoms with Crippen molar-refractivity contribution >= 4 is 11.8 Å². The lowest BCUT2D eigenvalue weighted by Gasteiger charge is -2.04. The zero-order chi connectivity index (χ0) is 11.4. The topological polar surface area (TPSA) is 72.2 Å². The highest BCUT2D eigenvalue weighted by Gasteiger charge is 2.11. The summed E-state index contributed by atoms with van der Waals surface area (Å²) >= 11 is 0. The number of amides is 2. The van der Waals surface area contributed by atoms with Gasteiger partial charge >= 0.3 is 0 Å². The first kappa shape index (κ1) is 11.2. The highest BCUT2D eigenvalue weighted by molar-refractivity contribution is 5.96. The van der Waals surface area contributed by atoms with Gasteiger partial charge in [-0.15, -0.1) is 0 Å². The summed E-state index contributed by atoms with van der Waals surface area (Å²) in [7, 11) is 0. The van der Waals surface area contributed by atoms with Crippen molar-refractivity contribution in [2.24, 2.45) is 5.73 Å². The Morgan fingerprint density at radius 3 is 2.73 bits per heavy atom. The Morgan fingerprint density at radius 2 is 2.13 bits per heavy atom. The van der Waals surface area contributed by atoms with Crippen LogP contribution < -0.4 is 11.1 Å². The molecule has 5 heteroatoms. The standard InChI is InChI=1S/C10H11FN2O2/c1-6-2-3-8(11)7(4-6)10(15)13-5-9(12)14/h2-4H,5H2,1H3,(H2,12,14)(H,13,15). The van der Waals surface area contributed by atoms with E-state index in [-0.39, 0.29) is 12.1 Å². The zero-order valence-corrected chi connectivity index (χ0v) is 8.21. The van der Waals surface area contributed by atoms with E-state index < -0.39 is 17.6 Å². The van der Waals surface area contributed by atoms with Crippen LogP contribution in [0.4, 0.5) is 4.39 Å². The van der Waals surface area contributed by atoms with Gasteiger partial charge < -0.3 is 11.1 Å². The number of benzene rings is 1. The molecule has 0 aliphatic heterocycles. The second-order valence-corrected chi connectivity index (χ2v) is 3.13. The van der Waals surface area contributed by atoms with Crippen molar-refractivity contribution in [1.29, 1.82) is 0 Å². The Kier molecular flexibility index (Phi) is 3.38. The molecule has 0 spiro atoms. The van der Waals surface area contributed by atoms with Crippen LogP contribution in [-0.2, 0) is 4.79 Å². The number of aryl methyl sites for hydroxylation is 1. The molecule has 0 bridgehead atoms. The van der Waals surface area contributed by atoms with Gasteiger partial charge in [0.15, 0.2) is 0 Å². The lowest BCUT2D eigenvalue weighted by Crippen LogP contribution is -2.33. The van der Waals surface area contributed by atoms with Gasteiger partial charge in [0, 0.05) is 0 Å². The molecule has 0 atom stereocenters. The van der Waals surface area contributed by atoms with Crippen LogP contribution in [0.1, 0.15) is 15.9 Å². The number of carbonyl (C=O) groups is 2. The molecule has 4 nitrogen and oxygen atoms in total. The predicted molar refractivity (Wildman–Crippen MR) is 52.7 cm³/mol. The predicted octanol–water partition coefficient (Wildman–Crippen LogP) is 0.349. The van der Waals surface area contributed by atoms with E-state index in [2.05, 4.69) is 5.32 Å². The number of nitrogens with two attached hydrogens (primary N) is 1. The molecule has 0 unspecified atom stereocenters. The minimum absolute atomic E-state index is 0.0868. The largest absolute Gasteiger partial charge is 0.368 e. The third-order valence-electron chi connectivity index (χ3n) is 1.79. The first-order chi connectivity index (χ1) is 7.00. The van der Waals surface area contributed by atoms with E-state index in [0.29, 0.717) is 0 Å². The molecular weight excluding hydrogens is 199 g/mol. The Bertz CT molecular complexity index is 404. The minimum atomic E-state index is -0.670. The van der Waals surface area contributed by atoms with Crippen LogP contribution in [0.5, 0.6) is 0 Å². The Hall–Kier alpha value is -1.91. The normalized spacial score (nSPS) is 9.73. The lowest BCUT2D eigenvalue weighted by molar-refractivity contribution is -0.117. The van der Waals surface area contributed by atoms with Gasteiger partial charge in [-0.05, 0) is 19.1 Å². The van der Waals surface area contributed by atoms with Crippen LogP contribution in [0.3, 0.4) is 0 Å². The molecule has 0 aliphatic carbocycles. The van der Waals surface area contributed by atoms with Crippen molar-refractivity contribution in [1.82, 2.24) is 5.32 Å². The molecular formula is C10H11FN2O2. The monoisotopic (exact) mass is 210 g/mol. The van der Waals surface area contributed by atoms with Gasteiger partial charge in [-0.1, -0.05) is 11.6 Å². The maximum absolute atomic E-state index is 13.2. The molecule has 3 N–H and O–H groups in total. The highest BCUT2D eigenvalue weighted by atomic mass is 19.1. The minimum Gasteiger partial charge on any atom is -0.368 e. The van der Waals surface area contributed by atoms with Crippen molar-refractivity contribution in [2.45, 2.75) is 6.92 Å². The van der Waals surface area contributed by atoms with Gasteiger partial charge in [0.1, 0.15) is 5.82 Å². The van der Waals surface area contributed by atoms with Gasteiger partial charge in [0.2, 0.25) is 5.91 Å². The summed E-state index contributed by atoms with van der Waals surface area (Å²) in [5.41, 5.74) is 5.52. The van der Waals surface area contributed by atoms with Crippen LogP contribution >= 0.6 is 0 Å². The van der Waals surface area contributed by atoms with Crippen LogP contribution in [-0.4, -0.2) is 18.4 Å². The second-order valence-electron chi connectivity index (χ2n) is 3.13. The molecule has 0 saturated carbocycles. The molecule has 0 radical (unpaired) electrons. The fourth-order valence-electron chi connectivity index (χ4n) is 1.08. The molecule has 1 rings (SSSR count). The fraction of sp³-hybridized carbons (Fsp3) is 0.200. The quantitative estimate of drug-likeness (QED) is 0.755. The maximum atomic E-state index is 13.2. The molecule has 80 valence electrons. The van der Waals surface area contributed by atoms with E-state index in [1.807, 2.05) is 0 Å². The molecule has 1 aromatic rings. The van der Waals surface area contributed by atoms with E-state index in [9.17, 15) is 14.0 Å². The zero-order valence-electron chi connectivity index (χ0n) is 8.21. The molecule has 0 heterocycles. The summed E-state index contributed by atoms with van der Waals surface area (Å²) in [6.07, 6.45) is 0. The summed E-state index contributed by atoms with van der Waals surface area (Å²) < 4.78 is 13.2. The third kappa shape index (κ3) is 3.05. The number of halogens is 1. The third-order valence-corrected chi connectivity index (χ3v) is 1.79. The lowest BCUT2D eigenvalue weighted by atomic mass is 10.1. The van der Waals surface area contributed by atoms with Crippen LogP contribution in [0, 0.1) is 12.7 Å².